The Hall–Kier alpha value is -1.32. The van der Waals surface area contributed by atoms with Gasteiger partial charge in [-0.2, -0.15) is 5.10 Å². The van der Waals surface area contributed by atoms with Gasteiger partial charge in [0.05, 0.1) is 12.1 Å². The summed E-state index contributed by atoms with van der Waals surface area (Å²) < 4.78 is 1.78. The Morgan fingerprint density at radius 3 is 2.93 bits per heavy atom. The first kappa shape index (κ1) is 10.2. The summed E-state index contributed by atoms with van der Waals surface area (Å²) in [5, 5.41) is 13.0. The Morgan fingerprint density at radius 1 is 1.67 bits per heavy atom. The van der Waals surface area contributed by atoms with Crippen molar-refractivity contribution < 1.29 is 9.90 Å². The molecule has 1 saturated carbocycles. The number of aliphatic carboxylic acids is 1. The molecule has 0 saturated heterocycles. The third-order valence-electron chi connectivity index (χ3n) is 3.30. The minimum Gasteiger partial charge on any atom is -0.481 e. The molecule has 1 heterocycles. The lowest BCUT2D eigenvalue weighted by molar-refractivity contribution is -0.147. The van der Waals surface area contributed by atoms with E-state index in [9.17, 15) is 4.79 Å². The van der Waals surface area contributed by atoms with Crippen LogP contribution in [0.25, 0.3) is 0 Å². The van der Waals surface area contributed by atoms with Gasteiger partial charge in [0.1, 0.15) is 0 Å². The topological polar surface area (TPSA) is 55.1 Å². The molecule has 2 unspecified atom stereocenters. The van der Waals surface area contributed by atoms with Crippen LogP contribution >= 0.6 is 0 Å². The second-order valence-corrected chi connectivity index (χ2v) is 4.34. The van der Waals surface area contributed by atoms with Crippen LogP contribution in [0, 0.1) is 11.8 Å². The van der Waals surface area contributed by atoms with Crippen LogP contribution in [0.15, 0.2) is 12.4 Å². The molecule has 1 N–H and O–H groups in total. The summed E-state index contributed by atoms with van der Waals surface area (Å²) in [5.74, 6) is -0.346. The molecule has 0 bridgehead atoms. The van der Waals surface area contributed by atoms with E-state index in [1.165, 1.54) is 5.56 Å². The van der Waals surface area contributed by atoms with Gasteiger partial charge in [-0.1, -0.05) is 0 Å². The molecule has 1 aromatic rings. The molecule has 82 valence electrons. The highest BCUT2D eigenvalue weighted by molar-refractivity contribution is 5.71. The van der Waals surface area contributed by atoms with E-state index >= 15 is 0 Å². The van der Waals surface area contributed by atoms with Gasteiger partial charge in [0.2, 0.25) is 0 Å². The third kappa shape index (κ3) is 2.19. The quantitative estimate of drug-likeness (QED) is 0.815. The fourth-order valence-electron chi connectivity index (χ4n) is 2.19. The molecule has 1 aliphatic rings. The first-order valence-corrected chi connectivity index (χ1v) is 5.37. The standard InChI is InChI=1S/C11H16N2O2/c1-13-7-8(6-12-13)2-3-9-4-5-10(9)11(14)15/h6-7,9-10H,2-5H2,1H3,(H,14,15). The molecule has 0 amide bonds. The molecule has 4 heteroatoms. The maximum Gasteiger partial charge on any atom is 0.306 e. The van der Waals surface area contributed by atoms with Crippen molar-refractivity contribution in [3.8, 4) is 0 Å². The van der Waals surface area contributed by atoms with E-state index in [1.807, 2.05) is 19.4 Å². The predicted molar refractivity (Wildman–Crippen MR) is 55.4 cm³/mol. The fourth-order valence-corrected chi connectivity index (χ4v) is 2.19. The zero-order valence-electron chi connectivity index (χ0n) is 8.89. The van der Waals surface area contributed by atoms with Crippen LogP contribution in [-0.4, -0.2) is 20.9 Å². The molecule has 1 fully saturated rings. The molecule has 1 aliphatic carbocycles. The minimum atomic E-state index is -0.627. The summed E-state index contributed by atoms with van der Waals surface area (Å²) in [5.41, 5.74) is 1.20. The summed E-state index contributed by atoms with van der Waals surface area (Å²) in [7, 11) is 1.90. The summed E-state index contributed by atoms with van der Waals surface area (Å²) in [6.45, 7) is 0. The number of carbonyl (C=O) groups is 1. The maximum absolute atomic E-state index is 10.8. The number of carboxylic acids is 1. The Labute approximate surface area is 88.9 Å². The van der Waals surface area contributed by atoms with Gasteiger partial charge < -0.3 is 5.11 Å². The summed E-state index contributed by atoms with van der Waals surface area (Å²) in [4.78, 5) is 10.8. The van der Waals surface area contributed by atoms with E-state index in [-0.39, 0.29) is 5.92 Å². The molecule has 0 radical (unpaired) electrons. The number of hydrogen-bond donors (Lipinski definition) is 1. The van der Waals surface area contributed by atoms with E-state index < -0.39 is 5.97 Å². The van der Waals surface area contributed by atoms with Gasteiger partial charge in [-0.3, -0.25) is 9.48 Å². The predicted octanol–water partition coefficient (Wildman–Crippen LogP) is 1.46. The average molecular weight is 208 g/mol. The largest absolute Gasteiger partial charge is 0.481 e. The highest BCUT2D eigenvalue weighted by Gasteiger charge is 2.35. The Kier molecular flexibility index (Phi) is 2.75. The number of rotatable bonds is 4. The van der Waals surface area contributed by atoms with Crippen molar-refractivity contribution in [3.05, 3.63) is 18.0 Å². The lowest BCUT2D eigenvalue weighted by Crippen LogP contribution is -2.32. The van der Waals surface area contributed by atoms with Crippen LogP contribution < -0.4 is 0 Å². The van der Waals surface area contributed by atoms with Crippen LogP contribution in [0.4, 0.5) is 0 Å². The van der Waals surface area contributed by atoms with E-state index in [1.54, 1.807) is 4.68 Å². The van der Waals surface area contributed by atoms with Crippen LogP contribution in [-0.2, 0) is 18.3 Å². The van der Waals surface area contributed by atoms with Crippen molar-refractivity contribution in [2.75, 3.05) is 0 Å². The van der Waals surface area contributed by atoms with Crippen molar-refractivity contribution in [3.63, 3.8) is 0 Å². The SMILES string of the molecule is Cn1cc(CCC2CCC2C(=O)O)cn1. The molecule has 4 nitrogen and oxygen atoms in total. The highest BCUT2D eigenvalue weighted by atomic mass is 16.4. The van der Waals surface area contributed by atoms with Gasteiger partial charge in [0.25, 0.3) is 0 Å². The van der Waals surface area contributed by atoms with E-state index in [0.717, 1.165) is 25.7 Å². The second kappa shape index (κ2) is 4.04. The molecular formula is C11H16N2O2. The molecular weight excluding hydrogens is 192 g/mol. The molecule has 2 rings (SSSR count). The van der Waals surface area contributed by atoms with E-state index in [4.69, 9.17) is 5.11 Å². The number of nitrogens with zero attached hydrogens (tertiary/aromatic N) is 2. The first-order chi connectivity index (χ1) is 7.16. The highest BCUT2D eigenvalue weighted by Crippen LogP contribution is 2.37. The smallest absolute Gasteiger partial charge is 0.306 e. The Balaban J connectivity index is 1.81. The normalized spacial score (nSPS) is 24.9. The minimum absolute atomic E-state index is 0.0957. The molecule has 0 aromatic carbocycles. The second-order valence-electron chi connectivity index (χ2n) is 4.34. The maximum atomic E-state index is 10.8. The lowest BCUT2D eigenvalue weighted by Gasteiger charge is -2.33. The van der Waals surface area contributed by atoms with Gasteiger partial charge in [-0.25, -0.2) is 0 Å². The number of carboxylic acid groups (broad SMARTS) is 1. The van der Waals surface area contributed by atoms with Crippen molar-refractivity contribution >= 4 is 5.97 Å². The fraction of sp³-hybridized carbons (Fsp3) is 0.636. The Bertz CT molecular complexity index is 359. The number of aryl methyl sites for hydroxylation is 2. The van der Waals surface area contributed by atoms with Gasteiger partial charge in [0, 0.05) is 13.2 Å². The monoisotopic (exact) mass is 208 g/mol. The molecule has 1 aromatic heterocycles. The molecule has 2 atom stereocenters. The van der Waals surface area contributed by atoms with Crippen LogP contribution in [0.2, 0.25) is 0 Å². The molecule has 15 heavy (non-hydrogen) atoms. The van der Waals surface area contributed by atoms with Crippen LogP contribution in [0.3, 0.4) is 0 Å². The Morgan fingerprint density at radius 2 is 2.47 bits per heavy atom. The van der Waals surface area contributed by atoms with Crippen LogP contribution in [0.5, 0.6) is 0 Å². The molecule has 0 aliphatic heterocycles. The van der Waals surface area contributed by atoms with Crippen LogP contribution in [0.1, 0.15) is 24.8 Å². The number of hydrogen-bond acceptors (Lipinski definition) is 2. The zero-order valence-corrected chi connectivity index (χ0v) is 8.89. The number of aromatic nitrogens is 2. The van der Waals surface area contributed by atoms with Gasteiger partial charge in [-0.15, -0.1) is 0 Å². The first-order valence-electron chi connectivity index (χ1n) is 5.37. The summed E-state index contributed by atoms with van der Waals surface area (Å²) in [6.07, 6.45) is 7.69. The van der Waals surface area contributed by atoms with E-state index in [2.05, 4.69) is 5.10 Å². The average Bonchev–Trinajstić information content (AvgIpc) is 2.48. The zero-order chi connectivity index (χ0) is 10.8. The van der Waals surface area contributed by atoms with Gasteiger partial charge in [-0.05, 0) is 37.2 Å². The van der Waals surface area contributed by atoms with Gasteiger partial charge >= 0.3 is 5.97 Å². The van der Waals surface area contributed by atoms with Crippen molar-refractivity contribution in [1.82, 2.24) is 9.78 Å². The van der Waals surface area contributed by atoms with Crippen molar-refractivity contribution in [1.29, 1.82) is 0 Å². The van der Waals surface area contributed by atoms with Crippen molar-refractivity contribution in [2.45, 2.75) is 25.7 Å². The third-order valence-corrected chi connectivity index (χ3v) is 3.30. The van der Waals surface area contributed by atoms with Crippen molar-refractivity contribution in [2.24, 2.45) is 18.9 Å². The van der Waals surface area contributed by atoms with Gasteiger partial charge in [0.15, 0.2) is 0 Å². The molecule has 0 spiro atoms. The summed E-state index contributed by atoms with van der Waals surface area (Å²) in [6, 6.07) is 0. The lowest BCUT2D eigenvalue weighted by atomic mass is 9.71. The van der Waals surface area contributed by atoms with E-state index in [0.29, 0.717) is 5.92 Å². The summed E-state index contributed by atoms with van der Waals surface area (Å²) >= 11 is 0.